The van der Waals surface area contributed by atoms with Crippen molar-refractivity contribution in [2.45, 2.75) is 12.6 Å². The predicted octanol–water partition coefficient (Wildman–Crippen LogP) is 1.73. The molecule has 0 unspecified atom stereocenters. The second kappa shape index (κ2) is 3.65. The molecule has 14 heavy (non-hydrogen) atoms. The number of halogens is 3. The minimum atomic E-state index is -4.53. The van der Waals surface area contributed by atoms with Crippen molar-refractivity contribution in [2.75, 3.05) is 0 Å². The molecule has 3 nitrogen and oxygen atoms in total. The maximum atomic E-state index is 12.1. The van der Waals surface area contributed by atoms with Crippen molar-refractivity contribution in [3.63, 3.8) is 0 Å². The summed E-state index contributed by atoms with van der Waals surface area (Å²) in [5, 5.41) is 8.34. The molecule has 0 aromatic carbocycles. The zero-order chi connectivity index (χ0) is 10.8. The van der Waals surface area contributed by atoms with Crippen LogP contribution in [0.25, 0.3) is 0 Å². The average Bonchev–Trinajstić information content (AvgIpc) is 2.01. The van der Waals surface area contributed by atoms with Crippen LogP contribution in [0.2, 0.25) is 0 Å². The van der Waals surface area contributed by atoms with Crippen molar-refractivity contribution >= 4 is 5.97 Å². The van der Waals surface area contributed by atoms with Crippen molar-refractivity contribution in [1.29, 1.82) is 0 Å². The molecule has 0 amide bonds. The average molecular weight is 205 g/mol. The smallest absolute Gasteiger partial charge is 0.433 e. The van der Waals surface area contributed by atoms with E-state index in [0.717, 1.165) is 12.1 Å². The number of hydrogen-bond acceptors (Lipinski definition) is 2. The van der Waals surface area contributed by atoms with Gasteiger partial charge in [0.1, 0.15) is 5.69 Å². The van der Waals surface area contributed by atoms with Gasteiger partial charge in [-0.25, -0.2) is 4.98 Å². The standard InChI is InChI=1S/C8H6F3NO2/c9-8(10,11)6-3-1-2-5(12-6)4-7(13)14/h1-3H,4H2,(H,13,14). The van der Waals surface area contributed by atoms with E-state index in [0.29, 0.717) is 0 Å². The Hall–Kier alpha value is -1.59. The molecule has 0 saturated carbocycles. The summed E-state index contributed by atoms with van der Waals surface area (Å²) in [7, 11) is 0. The largest absolute Gasteiger partial charge is 0.481 e. The van der Waals surface area contributed by atoms with E-state index in [2.05, 4.69) is 4.98 Å². The van der Waals surface area contributed by atoms with Crippen molar-refractivity contribution in [2.24, 2.45) is 0 Å². The number of hydrogen-bond donors (Lipinski definition) is 1. The van der Waals surface area contributed by atoms with Crippen LogP contribution in [0, 0.1) is 0 Å². The van der Waals surface area contributed by atoms with E-state index in [9.17, 15) is 18.0 Å². The fourth-order valence-electron chi connectivity index (χ4n) is 0.891. The van der Waals surface area contributed by atoms with Gasteiger partial charge >= 0.3 is 12.1 Å². The molecule has 1 aromatic heterocycles. The van der Waals surface area contributed by atoms with Gasteiger partial charge in [0, 0.05) is 0 Å². The summed E-state index contributed by atoms with van der Waals surface area (Å²) in [6.07, 6.45) is -5.04. The minimum Gasteiger partial charge on any atom is -0.481 e. The Bertz CT molecular complexity index is 349. The van der Waals surface area contributed by atoms with Gasteiger partial charge in [0.25, 0.3) is 0 Å². The number of rotatable bonds is 2. The topological polar surface area (TPSA) is 50.2 Å². The summed E-state index contributed by atoms with van der Waals surface area (Å²) in [4.78, 5) is 13.4. The Kier molecular flexibility index (Phi) is 2.73. The first kappa shape index (κ1) is 10.5. The van der Waals surface area contributed by atoms with Crippen molar-refractivity contribution in [3.8, 4) is 0 Å². The van der Waals surface area contributed by atoms with E-state index in [1.54, 1.807) is 0 Å². The Morgan fingerprint density at radius 3 is 2.57 bits per heavy atom. The van der Waals surface area contributed by atoms with Crippen molar-refractivity contribution in [3.05, 3.63) is 29.6 Å². The maximum Gasteiger partial charge on any atom is 0.433 e. The van der Waals surface area contributed by atoms with E-state index < -0.39 is 24.3 Å². The number of alkyl halides is 3. The van der Waals surface area contributed by atoms with Gasteiger partial charge in [-0.15, -0.1) is 0 Å². The highest BCUT2D eigenvalue weighted by molar-refractivity contribution is 5.69. The van der Waals surface area contributed by atoms with Gasteiger partial charge in [-0.2, -0.15) is 13.2 Å². The van der Waals surface area contributed by atoms with E-state index in [1.165, 1.54) is 6.07 Å². The van der Waals surface area contributed by atoms with Crippen LogP contribution in [-0.4, -0.2) is 16.1 Å². The first-order chi connectivity index (χ1) is 6.39. The normalized spacial score (nSPS) is 11.4. The van der Waals surface area contributed by atoms with E-state index in [-0.39, 0.29) is 5.69 Å². The van der Waals surface area contributed by atoms with Crippen molar-refractivity contribution in [1.82, 2.24) is 4.98 Å². The molecule has 0 radical (unpaired) electrons. The van der Waals surface area contributed by atoms with Gasteiger partial charge < -0.3 is 5.11 Å². The first-order valence-corrected chi connectivity index (χ1v) is 3.64. The molecule has 76 valence electrons. The molecule has 0 saturated heterocycles. The zero-order valence-corrected chi connectivity index (χ0v) is 6.88. The second-order valence-corrected chi connectivity index (χ2v) is 2.58. The third kappa shape index (κ3) is 2.72. The lowest BCUT2D eigenvalue weighted by molar-refractivity contribution is -0.142. The summed E-state index contributed by atoms with van der Waals surface area (Å²) < 4.78 is 36.3. The predicted molar refractivity (Wildman–Crippen MR) is 40.6 cm³/mol. The van der Waals surface area contributed by atoms with E-state index in [1.807, 2.05) is 0 Å². The molecule has 1 aromatic rings. The Morgan fingerprint density at radius 1 is 1.43 bits per heavy atom. The molecule has 1 heterocycles. The molecule has 0 aliphatic rings. The monoisotopic (exact) mass is 205 g/mol. The van der Waals surface area contributed by atoms with Crippen LogP contribution in [0.5, 0.6) is 0 Å². The van der Waals surface area contributed by atoms with Crippen LogP contribution >= 0.6 is 0 Å². The Balaban J connectivity index is 2.95. The Morgan fingerprint density at radius 2 is 2.07 bits per heavy atom. The number of carboxylic acids is 1. The van der Waals surface area contributed by atoms with Gasteiger partial charge in [-0.05, 0) is 12.1 Å². The fourth-order valence-corrected chi connectivity index (χ4v) is 0.891. The molecule has 0 bridgehead atoms. The molecule has 6 heteroatoms. The number of carboxylic acid groups (broad SMARTS) is 1. The molecule has 1 rings (SSSR count). The third-order valence-corrected chi connectivity index (χ3v) is 1.43. The number of aliphatic carboxylic acids is 1. The van der Waals surface area contributed by atoms with Crippen LogP contribution in [0.15, 0.2) is 18.2 Å². The SMILES string of the molecule is O=C(O)Cc1cccc(C(F)(F)F)n1. The highest BCUT2D eigenvalue weighted by Crippen LogP contribution is 2.27. The lowest BCUT2D eigenvalue weighted by atomic mass is 10.2. The highest BCUT2D eigenvalue weighted by Gasteiger charge is 2.32. The Labute approximate surface area is 77.2 Å². The fraction of sp³-hybridized carbons (Fsp3) is 0.250. The molecule has 0 aliphatic heterocycles. The first-order valence-electron chi connectivity index (χ1n) is 3.64. The third-order valence-electron chi connectivity index (χ3n) is 1.43. The minimum absolute atomic E-state index is 0.104. The maximum absolute atomic E-state index is 12.1. The van der Waals surface area contributed by atoms with Gasteiger partial charge in [0.2, 0.25) is 0 Å². The molecule has 0 spiro atoms. The highest BCUT2D eigenvalue weighted by atomic mass is 19.4. The summed E-state index contributed by atoms with van der Waals surface area (Å²) in [6.45, 7) is 0. The quantitative estimate of drug-likeness (QED) is 0.799. The molecule has 0 fully saturated rings. The van der Waals surface area contributed by atoms with E-state index >= 15 is 0 Å². The zero-order valence-electron chi connectivity index (χ0n) is 6.88. The number of aromatic nitrogens is 1. The van der Waals surface area contributed by atoms with Crippen LogP contribution in [-0.2, 0) is 17.4 Å². The van der Waals surface area contributed by atoms with Crippen molar-refractivity contribution < 1.29 is 23.1 Å². The summed E-state index contributed by atoms with van der Waals surface area (Å²) in [5.74, 6) is -1.21. The molecular formula is C8H6F3NO2. The molecule has 0 aliphatic carbocycles. The molecule has 0 atom stereocenters. The number of nitrogens with zero attached hydrogens (tertiary/aromatic N) is 1. The van der Waals surface area contributed by atoms with Crippen LogP contribution in [0.3, 0.4) is 0 Å². The second-order valence-electron chi connectivity index (χ2n) is 2.58. The lowest BCUT2D eigenvalue weighted by Gasteiger charge is -2.06. The van der Waals surface area contributed by atoms with Gasteiger partial charge in [-0.3, -0.25) is 4.79 Å². The lowest BCUT2D eigenvalue weighted by Crippen LogP contribution is -2.11. The summed E-state index contributed by atoms with van der Waals surface area (Å²) in [6, 6.07) is 3.17. The summed E-state index contributed by atoms with van der Waals surface area (Å²) >= 11 is 0. The number of pyridine rings is 1. The van der Waals surface area contributed by atoms with Gasteiger partial charge in [0.05, 0.1) is 12.1 Å². The van der Waals surface area contributed by atoms with Gasteiger partial charge in [-0.1, -0.05) is 6.07 Å². The van der Waals surface area contributed by atoms with E-state index in [4.69, 9.17) is 5.11 Å². The summed E-state index contributed by atoms with van der Waals surface area (Å²) in [5.41, 5.74) is -1.18. The van der Waals surface area contributed by atoms with Crippen LogP contribution in [0.1, 0.15) is 11.4 Å². The van der Waals surface area contributed by atoms with Crippen LogP contribution in [0.4, 0.5) is 13.2 Å². The van der Waals surface area contributed by atoms with Crippen LogP contribution < -0.4 is 0 Å². The molecule has 1 N–H and O–H groups in total. The van der Waals surface area contributed by atoms with Gasteiger partial charge in [0.15, 0.2) is 0 Å². The number of carbonyl (C=O) groups is 1. The molecular weight excluding hydrogens is 199 g/mol.